The summed E-state index contributed by atoms with van der Waals surface area (Å²) in [7, 11) is 0. The molecule has 0 bridgehead atoms. The third kappa shape index (κ3) is 58.7. The van der Waals surface area contributed by atoms with Crippen molar-refractivity contribution in [2.24, 2.45) is 0 Å². The van der Waals surface area contributed by atoms with Gasteiger partial charge in [0.15, 0.2) is 0 Å². The van der Waals surface area contributed by atoms with Crippen LogP contribution in [0.25, 0.3) is 0 Å². The molecular weight excluding hydrogens is 899 g/mol. The molecule has 0 rings (SSSR count). The van der Waals surface area contributed by atoms with Crippen LogP contribution in [0.4, 0.5) is 0 Å². The lowest BCUT2D eigenvalue weighted by atomic mass is 10.0. The van der Waals surface area contributed by atoms with E-state index in [-0.39, 0.29) is 18.5 Å². The molecule has 73 heavy (non-hydrogen) atoms. The summed E-state index contributed by atoms with van der Waals surface area (Å²) in [4.78, 5) is 24.5. The van der Waals surface area contributed by atoms with E-state index in [1.165, 1.54) is 238 Å². The minimum absolute atomic E-state index is 0.0508. The molecule has 0 aromatic rings. The van der Waals surface area contributed by atoms with Gasteiger partial charge in [-0.05, 0) is 77.0 Å². The molecule has 0 fully saturated rings. The molecule has 0 radical (unpaired) electrons. The fourth-order valence-electron chi connectivity index (χ4n) is 9.61. The third-order valence-corrected chi connectivity index (χ3v) is 14.5. The number of carbonyl (C=O) groups is 2. The lowest BCUT2D eigenvalue weighted by Crippen LogP contribution is -2.45. The Labute approximate surface area is 454 Å². The molecule has 0 aliphatic heterocycles. The van der Waals surface area contributed by atoms with Crippen molar-refractivity contribution in [3.05, 3.63) is 60.8 Å². The Kier molecular flexibility index (Phi) is 60.0. The van der Waals surface area contributed by atoms with Crippen molar-refractivity contribution >= 4 is 11.9 Å². The highest BCUT2D eigenvalue weighted by molar-refractivity contribution is 5.76. The maximum atomic E-state index is 12.5. The van der Waals surface area contributed by atoms with Gasteiger partial charge in [0, 0.05) is 12.8 Å². The minimum atomic E-state index is -0.850. The van der Waals surface area contributed by atoms with Gasteiger partial charge in [-0.15, -0.1) is 0 Å². The number of aliphatic hydroxyl groups excluding tert-OH is 2. The van der Waals surface area contributed by atoms with E-state index >= 15 is 0 Å². The standard InChI is InChI=1S/C67H123NO5/c1-3-5-7-9-11-13-15-17-19-20-21-23-26-29-32-35-39-43-47-51-55-59-65(70)64(63-69)68-66(71)60-56-52-48-44-40-36-33-30-27-24-22-25-28-31-34-38-42-46-50-54-58-62-73-67(72)61-57-53-49-45-41-37-18-16-14-12-10-8-6-4-2/h10,12,16,18,38,42,50,54-55,59,64-65,69-70H,3-9,11,13-15,17,19-37,39-41,43-49,51-53,56-58,60-63H2,1-2H3,(H,68,71)/b12-10-,18-16-,42-38-,54-50-,59-55+. The monoisotopic (exact) mass is 1020 g/mol. The Morgan fingerprint density at radius 2 is 0.699 bits per heavy atom. The number of aliphatic hydroxyl groups is 2. The zero-order chi connectivity index (χ0) is 52.9. The summed E-state index contributed by atoms with van der Waals surface area (Å²) in [6, 6.07) is -0.634. The van der Waals surface area contributed by atoms with Crippen molar-refractivity contribution in [3.8, 4) is 0 Å². The van der Waals surface area contributed by atoms with E-state index in [4.69, 9.17) is 4.74 Å². The summed E-state index contributed by atoms with van der Waals surface area (Å²) in [5.41, 5.74) is 0. The van der Waals surface area contributed by atoms with Crippen LogP contribution < -0.4 is 5.32 Å². The van der Waals surface area contributed by atoms with E-state index in [0.717, 1.165) is 64.2 Å². The topological polar surface area (TPSA) is 95.9 Å². The lowest BCUT2D eigenvalue weighted by molar-refractivity contribution is -0.143. The molecule has 3 N–H and O–H groups in total. The first kappa shape index (κ1) is 70.6. The fourth-order valence-corrected chi connectivity index (χ4v) is 9.61. The first-order valence-corrected chi connectivity index (χ1v) is 32.1. The van der Waals surface area contributed by atoms with Gasteiger partial charge < -0.3 is 20.3 Å². The molecule has 426 valence electrons. The normalized spacial score (nSPS) is 13.0. The van der Waals surface area contributed by atoms with E-state index in [1.807, 2.05) is 6.08 Å². The van der Waals surface area contributed by atoms with Crippen molar-refractivity contribution < 1.29 is 24.5 Å². The lowest BCUT2D eigenvalue weighted by Gasteiger charge is -2.20. The second kappa shape index (κ2) is 62.1. The number of rotatable bonds is 59. The molecule has 6 nitrogen and oxygen atoms in total. The van der Waals surface area contributed by atoms with Crippen molar-refractivity contribution in [1.82, 2.24) is 5.32 Å². The number of hydrogen-bond donors (Lipinski definition) is 3. The van der Waals surface area contributed by atoms with Gasteiger partial charge in [0.05, 0.1) is 25.4 Å². The van der Waals surface area contributed by atoms with E-state index in [9.17, 15) is 19.8 Å². The van der Waals surface area contributed by atoms with E-state index in [0.29, 0.717) is 19.4 Å². The molecule has 0 aromatic heterocycles. The minimum Gasteiger partial charge on any atom is -0.465 e. The van der Waals surface area contributed by atoms with Crippen molar-refractivity contribution in [3.63, 3.8) is 0 Å². The average molecular weight is 1020 g/mol. The molecular formula is C67H123NO5. The van der Waals surface area contributed by atoms with Crippen LogP contribution in [0, 0.1) is 0 Å². The summed E-state index contributed by atoms with van der Waals surface area (Å²) in [6.07, 6.45) is 81.4. The quantitative estimate of drug-likeness (QED) is 0.0320. The summed E-state index contributed by atoms with van der Waals surface area (Å²) < 4.78 is 5.41. The van der Waals surface area contributed by atoms with Crippen LogP contribution in [0.2, 0.25) is 0 Å². The molecule has 0 aliphatic rings. The Bertz CT molecular complexity index is 1270. The molecule has 1 amide bonds. The van der Waals surface area contributed by atoms with Gasteiger partial charge in [0.25, 0.3) is 0 Å². The highest BCUT2D eigenvalue weighted by Gasteiger charge is 2.18. The maximum absolute atomic E-state index is 12.5. The summed E-state index contributed by atoms with van der Waals surface area (Å²) in [6.45, 7) is 4.76. The average Bonchev–Trinajstić information content (AvgIpc) is 3.39. The van der Waals surface area contributed by atoms with E-state index < -0.39 is 12.1 Å². The number of amides is 1. The molecule has 2 unspecified atom stereocenters. The van der Waals surface area contributed by atoms with Gasteiger partial charge in [-0.2, -0.15) is 0 Å². The van der Waals surface area contributed by atoms with Crippen LogP contribution in [0.1, 0.15) is 328 Å². The Morgan fingerprint density at radius 3 is 1.08 bits per heavy atom. The predicted octanol–water partition coefficient (Wildman–Crippen LogP) is 20.3. The van der Waals surface area contributed by atoms with Gasteiger partial charge in [-0.1, -0.05) is 299 Å². The highest BCUT2D eigenvalue weighted by atomic mass is 16.5. The SMILES string of the molecule is CCCC/C=C\C/C=C\CCCCCCCC(=O)OCC/C=C\C/C=C\CCCCCCCCCCCCCCCCC(=O)NC(CO)C(O)/C=C/CCCCCCCCCCCCCCCCCCCCC. The van der Waals surface area contributed by atoms with Gasteiger partial charge in [-0.25, -0.2) is 0 Å². The third-order valence-electron chi connectivity index (χ3n) is 14.5. The largest absolute Gasteiger partial charge is 0.465 e. The number of nitrogens with one attached hydrogen (secondary N) is 1. The molecule has 0 saturated heterocycles. The predicted molar refractivity (Wildman–Crippen MR) is 319 cm³/mol. The molecule has 2 atom stereocenters. The zero-order valence-electron chi connectivity index (χ0n) is 48.6. The van der Waals surface area contributed by atoms with Crippen LogP contribution in [-0.4, -0.2) is 47.4 Å². The molecule has 0 saturated carbocycles. The summed E-state index contributed by atoms with van der Waals surface area (Å²) in [5, 5.41) is 23.2. The summed E-state index contributed by atoms with van der Waals surface area (Å²) >= 11 is 0. The van der Waals surface area contributed by atoms with Crippen molar-refractivity contribution in [2.45, 2.75) is 341 Å². The Morgan fingerprint density at radius 1 is 0.384 bits per heavy atom. The van der Waals surface area contributed by atoms with Gasteiger partial charge >= 0.3 is 5.97 Å². The molecule has 0 heterocycles. The van der Waals surface area contributed by atoms with Crippen LogP contribution in [0.15, 0.2) is 60.8 Å². The van der Waals surface area contributed by atoms with E-state index in [2.05, 4.69) is 67.8 Å². The maximum Gasteiger partial charge on any atom is 0.305 e. The van der Waals surface area contributed by atoms with Crippen LogP contribution in [0.3, 0.4) is 0 Å². The molecule has 6 heteroatoms. The summed E-state index contributed by atoms with van der Waals surface area (Å²) in [5.74, 6) is -0.122. The second-order valence-corrected chi connectivity index (χ2v) is 21.7. The van der Waals surface area contributed by atoms with Crippen molar-refractivity contribution in [1.29, 1.82) is 0 Å². The smallest absolute Gasteiger partial charge is 0.305 e. The molecule has 0 aromatic carbocycles. The first-order valence-electron chi connectivity index (χ1n) is 32.1. The number of allylic oxidation sites excluding steroid dienone is 8. The van der Waals surface area contributed by atoms with Crippen LogP contribution in [0.5, 0.6) is 0 Å². The number of ether oxygens (including phenoxy) is 1. The van der Waals surface area contributed by atoms with Crippen molar-refractivity contribution in [2.75, 3.05) is 13.2 Å². The molecule has 0 spiro atoms. The number of esters is 1. The molecule has 0 aliphatic carbocycles. The van der Waals surface area contributed by atoms with Gasteiger partial charge in [0.2, 0.25) is 5.91 Å². The Balaban J connectivity index is 3.50. The second-order valence-electron chi connectivity index (χ2n) is 21.7. The van der Waals surface area contributed by atoms with E-state index in [1.54, 1.807) is 6.08 Å². The fraction of sp³-hybridized carbons (Fsp3) is 0.821. The number of unbranched alkanes of at least 4 members (excludes halogenated alkanes) is 40. The highest BCUT2D eigenvalue weighted by Crippen LogP contribution is 2.17. The first-order chi connectivity index (χ1) is 36.0. The van der Waals surface area contributed by atoms with Crippen LogP contribution in [-0.2, 0) is 14.3 Å². The van der Waals surface area contributed by atoms with Crippen LogP contribution >= 0.6 is 0 Å². The zero-order valence-corrected chi connectivity index (χ0v) is 48.6. The van der Waals surface area contributed by atoms with Gasteiger partial charge in [-0.3, -0.25) is 9.59 Å². The number of hydrogen-bond acceptors (Lipinski definition) is 5. The van der Waals surface area contributed by atoms with Gasteiger partial charge in [0.1, 0.15) is 0 Å². The Hall–Kier alpha value is -2.44. The number of carbonyl (C=O) groups excluding carboxylic acids is 2.